The number of anilines is 1. The zero-order chi connectivity index (χ0) is 21.8. The molecule has 0 radical (unpaired) electrons. The lowest BCUT2D eigenvalue weighted by Gasteiger charge is -2.08. The van der Waals surface area contributed by atoms with Gasteiger partial charge in [0.1, 0.15) is 0 Å². The van der Waals surface area contributed by atoms with Gasteiger partial charge in [0.2, 0.25) is 5.82 Å². The molecule has 31 heavy (non-hydrogen) atoms. The number of fused-ring (bicyclic) bond motifs is 1. The molecule has 2 aromatic heterocycles. The van der Waals surface area contributed by atoms with Crippen molar-refractivity contribution in [3.8, 4) is 11.5 Å². The first-order chi connectivity index (χ1) is 15.1. The Kier molecular flexibility index (Phi) is 5.94. The third-order valence-electron chi connectivity index (χ3n) is 4.67. The molecule has 1 N–H and O–H groups in total. The molecule has 0 aliphatic heterocycles. The topological polar surface area (TPSA) is 112 Å². The van der Waals surface area contributed by atoms with Crippen LogP contribution >= 0.6 is 11.6 Å². The van der Waals surface area contributed by atoms with Gasteiger partial charge in [-0.1, -0.05) is 23.7 Å². The summed E-state index contributed by atoms with van der Waals surface area (Å²) in [5.41, 5.74) is 2.33. The summed E-state index contributed by atoms with van der Waals surface area (Å²) < 4.78 is 11.3. The molecule has 4 aromatic rings. The molecule has 0 amide bonds. The molecule has 4 rings (SSSR count). The number of ether oxygens (including phenoxy) is 1. The molecular weight excluding hydrogens is 422 g/mol. The van der Waals surface area contributed by atoms with Crippen molar-refractivity contribution in [2.45, 2.75) is 13.0 Å². The van der Waals surface area contributed by atoms with Gasteiger partial charge < -0.3 is 14.6 Å². The molecular formula is C21H18ClN5O4. The van der Waals surface area contributed by atoms with E-state index in [0.717, 1.165) is 5.52 Å². The smallest absolute Gasteiger partial charge is 0.307 e. The molecule has 0 saturated carbocycles. The van der Waals surface area contributed by atoms with E-state index in [2.05, 4.69) is 25.4 Å². The van der Waals surface area contributed by atoms with Crippen LogP contribution in [0.1, 0.15) is 16.8 Å². The number of aromatic nitrogens is 4. The van der Waals surface area contributed by atoms with E-state index in [4.69, 9.17) is 16.2 Å². The summed E-state index contributed by atoms with van der Waals surface area (Å²) in [5.74, 6) is 0.272. The van der Waals surface area contributed by atoms with Gasteiger partial charge in [-0.05, 0) is 46.7 Å². The Labute approximate surface area is 181 Å². The largest absolute Gasteiger partial charge is 0.469 e. The summed E-state index contributed by atoms with van der Waals surface area (Å²) in [4.78, 5) is 28.9. The number of carbonyl (C=O) groups excluding carboxylic acids is 2. The van der Waals surface area contributed by atoms with E-state index < -0.39 is 0 Å². The van der Waals surface area contributed by atoms with Crippen molar-refractivity contribution in [3.05, 3.63) is 59.1 Å². The first-order valence-electron chi connectivity index (χ1n) is 9.44. The lowest BCUT2D eigenvalue weighted by atomic mass is 10.1. The fourth-order valence-corrected chi connectivity index (χ4v) is 3.25. The number of methoxy groups -OCH3 is 1. The third kappa shape index (κ3) is 4.41. The van der Waals surface area contributed by atoms with Crippen LogP contribution in [-0.4, -0.2) is 45.3 Å². The number of nitrogens with zero attached hydrogens (tertiary/aromatic N) is 4. The number of Topliss-reactive ketones (excluding diaryl/α,β-unsaturated/α-hetero) is 1. The molecule has 0 atom stereocenters. The number of hydrogen-bond acceptors (Lipinski definition) is 8. The average molecular weight is 440 g/mol. The normalized spacial score (nSPS) is 10.9. The number of esters is 1. The van der Waals surface area contributed by atoms with Crippen molar-refractivity contribution >= 4 is 40.2 Å². The van der Waals surface area contributed by atoms with E-state index in [-0.39, 0.29) is 31.3 Å². The van der Waals surface area contributed by atoms with Gasteiger partial charge in [0, 0.05) is 17.1 Å². The van der Waals surface area contributed by atoms with Crippen LogP contribution in [0.2, 0.25) is 5.02 Å². The zero-order valence-corrected chi connectivity index (χ0v) is 17.3. The fourth-order valence-electron chi connectivity index (χ4n) is 3.12. The molecule has 2 heterocycles. The van der Waals surface area contributed by atoms with Crippen molar-refractivity contribution in [3.63, 3.8) is 0 Å². The number of para-hydroxylation sites is 2. The van der Waals surface area contributed by atoms with Crippen LogP contribution in [0.15, 0.2) is 53.2 Å². The number of imidazole rings is 1. The van der Waals surface area contributed by atoms with E-state index in [1.165, 1.54) is 7.11 Å². The number of halogens is 1. The number of ketones is 1. The summed E-state index contributed by atoms with van der Waals surface area (Å²) in [6, 6.07) is 14.2. The maximum Gasteiger partial charge on any atom is 0.307 e. The van der Waals surface area contributed by atoms with Crippen LogP contribution < -0.4 is 5.32 Å². The van der Waals surface area contributed by atoms with Crippen molar-refractivity contribution < 1.29 is 19.0 Å². The quantitative estimate of drug-likeness (QED) is 0.327. The summed E-state index contributed by atoms with van der Waals surface area (Å²) in [7, 11) is 1.32. The number of benzene rings is 2. The molecule has 0 spiro atoms. The molecule has 158 valence electrons. The summed E-state index contributed by atoms with van der Waals surface area (Å²) >= 11 is 5.93. The summed E-state index contributed by atoms with van der Waals surface area (Å²) in [6.45, 7) is 0.309. The van der Waals surface area contributed by atoms with Gasteiger partial charge in [-0.3, -0.25) is 9.59 Å². The van der Waals surface area contributed by atoms with Gasteiger partial charge in [0.05, 0.1) is 31.1 Å². The predicted octanol–water partition coefficient (Wildman–Crippen LogP) is 3.60. The molecule has 0 fully saturated rings. The first-order valence-corrected chi connectivity index (χ1v) is 9.82. The highest BCUT2D eigenvalue weighted by atomic mass is 35.5. The molecule has 0 saturated heterocycles. The third-order valence-corrected chi connectivity index (χ3v) is 4.92. The Morgan fingerprint density at radius 1 is 1.13 bits per heavy atom. The molecule has 0 aliphatic rings. The number of rotatable bonds is 8. The van der Waals surface area contributed by atoms with Gasteiger partial charge in [-0.25, -0.2) is 9.61 Å². The van der Waals surface area contributed by atoms with Gasteiger partial charge >= 0.3 is 5.97 Å². The second-order valence-electron chi connectivity index (χ2n) is 6.65. The first kappa shape index (κ1) is 20.5. The Morgan fingerprint density at radius 3 is 2.68 bits per heavy atom. The van der Waals surface area contributed by atoms with Crippen LogP contribution in [0, 0.1) is 0 Å². The molecule has 9 nitrogen and oxygen atoms in total. The van der Waals surface area contributed by atoms with E-state index in [1.54, 1.807) is 28.8 Å². The predicted molar refractivity (Wildman–Crippen MR) is 114 cm³/mol. The molecule has 0 bridgehead atoms. The maximum absolute atomic E-state index is 12.9. The second-order valence-corrected chi connectivity index (χ2v) is 7.09. The van der Waals surface area contributed by atoms with E-state index in [9.17, 15) is 9.59 Å². The minimum atomic E-state index is -0.355. The van der Waals surface area contributed by atoms with E-state index >= 15 is 0 Å². The SMILES string of the molecule is COC(=O)CCNc1nonc1-c1nc2ccccc2n1CC(=O)c1ccc(Cl)cc1. The molecule has 2 aromatic carbocycles. The van der Waals surface area contributed by atoms with Crippen molar-refractivity contribution in [2.75, 3.05) is 19.0 Å². The zero-order valence-electron chi connectivity index (χ0n) is 16.5. The van der Waals surface area contributed by atoms with Crippen molar-refractivity contribution in [2.24, 2.45) is 0 Å². The Hall–Kier alpha value is -3.72. The summed E-state index contributed by atoms with van der Waals surface area (Å²) in [5, 5.41) is 11.4. The van der Waals surface area contributed by atoms with Gasteiger partial charge in [-0.2, -0.15) is 0 Å². The number of carbonyl (C=O) groups is 2. The highest BCUT2D eigenvalue weighted by Gasteiger charge is 2.22. The lowest BCUT2D eigenvalue weighted by molar-refractivity contribution is -0.140. The van der Waals surface area contributed by atoms with Gasteiger partial charge in [0.15, 0.2) is 17.3 Å². The van der Waals surface area contributed by atoms with Crippen LogP contribution in [0.5, 0.6) is 0 Å². The Morgan fingerprint density at radius 2 is 1.90 bits per heavy atom. The standard InChI is InChI=1S/C21H18ClN5O4/c1-30-18(29)10-11-23-20-19(25-31-26-20)21-24-15-4-2-3-5-16(15)27(21)12-17(28)13-6-8-14(22)9-7-13/h2-9H,10-12H2,1H3,(H,23,26). The Bertz CT molecular complexity index is 1230. The van der Waals surface area contributed by atoms with E-state index in [0.29, 0.717) is 33.4 Å². The average Bonchev–Trinajstić information content (AvgIpc) is 3.38. The monoisotopic (exact) mass is 439 g/mol. The van der Waals surface area contributed by atoms with Crippen LogP contribution in [0.4, 0.5) is 5.82 Å². The highest BCUT2D eigenvalue weighted by Crippen LogP contribution is 2.28. The molecule has 10 heteroatoms. The van der Waals surface area contributed by atoms with Crippen molar-refractivity contribution in [1.82, 2.24) is 19.9 Å². The Balaban J connectivity index is 1.68. The minimum absolute atomic E-state index is 0.0337. The van der Waals surface area contributed by atoms with E-state index in [1.807, 2.05) is 24.3 Å². The summed E-state index contributed by atoms with van der Waals surface area (Å²) in [6.07, 6.45) is 0.147. The number of nitrogens with one attached hydrogen (secondary N) is 1. The highest BCUT2D eigenvalue weighted by molar-refractivity contribution is 6.30. The molecule has 0 aliphatic carbocycles. The van der Waals surface area contributed by atoms with Crippen LogP contribution in [0.25, 0.3) is 22.6 Å². The fraction of sp³-hybridized carbons (Fsp3) is 0.190. The number of hydrogen-bond donors (Lipinski definition) is 1. The van der Waals surface area contributed by atoms with Crippen molar-refractivity contribution in [1.29, 1.82) is 0 Å². The second kappa shape index (κ2) is 8.97. The lowest BCUT2D eigenvalue weighted by Crippen LogP contribution is -2.13. The van der Waals surface area contributed by atoms with Crippen LogP contribution in [0.3, 0.4) is 0 Å². The van der Waals surface area contributed by atoms with Crippen LogP contribution in [-0.2, 0) is 16.1 Å². The molecule has 0 unspecified atom stereocenters. The minimum Gasteiger partial charge on any atom is -0.469 e. The van der Waals surface area contributed by atoms with Gasteiger partial charge in [0.25, 0.3) is 0 Å². The maximum atomic E-state index is 12.9. The van der Waals surface area contributed by atoms with Gasteiger partial charge in [-0.15, -0.1) is 0 Å².